The lowest BCUT2D eigenvalue weighted by Gasteiger charge is -2.07. The van der Waals surface area contributed by atoms with Crippen LogP contribution in [0.5, 0.6) is 0 Å². The zero-order valence-corrected chi connectivity index (χ0v) is 11.0. The van der Waals surface area contributed by atoms with Crippen LogP contribution in [0.4, 0.5) is 0 Å². The molecule has 16 heavy (non-hydrogen) atoms. The molecule has 0 heterocycles. The third-order valence-corrected chi connectivity index (χ3v) is 2.68. The summed E-state index contributed by atoms with van der Waals surface area (Å²) in [6.07, 6.45) is 11.0. The normalized spacial score (nSPS) is 12.9. The number of hydrogen-bond donors (Lipinski definition) is 0. The van der Waals surface area contributed by atoms with Crippen molar-refractivity contribution >= 4 is 5.97 Å². The van der Waals surface area contributed by atoms with Crippen molar-refractivity contribution in [3.8, 4) is 0 Å². The molecule has 0 bridgehead atoms. The minimum Gasteiger partial charge on any atom is -0.465 e. The van der Waals surface area contributed by atoms with Crippen LogP contribution in [0.1, 0.15) is 59.3 Å². The van der Waals surface area contributed by atoms with Crippen molar-refractivity contribution in [2.45, 2.75) is 59.3 Å². The van der Waals surface area contributed by atoms with Crippen LogP contribution in [0.3, 0.4) is 0 Å². The van der Waals surface area contributed by atoms with Gasteiger partial charge in [0.25, 0.3) is 0 Å². The summed E-state index contributed by atoms with van der Waals surface area (Å²) in [6, 6.07) is 0. The summed E-state index contributed by atoms with van der Waals surface area (Å²) >= 11 is 0. The van der Waals surface area contributed by atoms with E-state index >= 15 is 0 Å². The molecule has 1 unspecified atom stereocenters. The number of allylic oxidation sites excluding steroid dienone is 1. The summed E-state index contributed by atoms with van der Waals surface area (Å²) in [5.41, 5.74) is 0. The van der Waals surface area contributed by atoms with E-state index < -0.39 is 0 Å². The summed E-state index contributed by atoms with van der Waals surface area (Å²) in [6.45, 7) is 6.63. The van der Waals surface area contributed by atoms with Crippen LogP contribution in [0, 0.1) is 5.92 Å². The average Bonchev–Trinajstić information content (AvgIpc) is 2.31. The molecule has 0 saturated carbocycles. The Bertz CT molecular complexity index is 197. The number of rotatable bonds is 9. The fraction of sp³-hybridized carbons (Fsp3) is 0.786. The molecule has 0 rings (SSSR count). The second-order valence-electron chi connectivity index (χ2n) is 4.23. The third kappa shape index (κ3) is 8.51. The van der Waals surface area contributed by atoms with Gasteiger partial charge in [-0.05, 0) is 25.7 Å². The van der Waals surface area contributed by atoms with Gasteiger partial charge in [0.1, 0.15) is 0 Å². The molecule has 0 spiro atoms. The number of unbranched alkanes of at least 4 members (excludes halogenated alkanes) is 3. The third-order valence-electron chi connectivity index (χ3n) is 2.68. The Labute approximate surface area is 100 Å². The van der Waals surface area contributed by atoms with Crippen molar-refractivity contribution in [2.24, 2.45) is 5.92 Å². The molecule has 0 aromatic rings. The molecule has 1 atom stereocenters. The Balaban J connectivity index is 3.35. The largest absolute Gasteiger partial charge is 0.465 e. The Morgan fingerprint density at radius 3 is 2.50 bits per heavy atom. The van der Waals surface area contributed by atoms with Gasteiger partial charge in [0.2, 0.25) is 0 Å². The van der Waals surface area contributed by atoms with Crippen LogP contribution in [-0.4, -0.2) is 12.6 Å². The summed E-state index contributed by atoms with van der Waals surface area (Å²) in [5, 5.41) is 0. The maximum atomic E-state index is 11.3. The van der Waals surface area contributed by atoms with Crippen molar-refractivity contribution in [3.63, 3.8) is 0 Å². The van der Waals surface area contributed by atoms with Crippen molar-refractivity contribution < 1.29 is 9.53 Å². The maximum Gasteiger partial charge on any atom is 0.308 e. The quantitative estimate of drug-likeness (QED) is 0.336. The number of esters is 1. The summed E-state index contributed by atoms with van der Waals surface area (Å²) in [7, 11) is 0. The maximum absolute atomic E-state index is 11.3. The van der Waals surface area contributed by atoms with E-state index in [9.17, 15) is 4.79 Å². The first-order valence-electron chi connectivity index (χ1n) is 6.54. The van der Waals surface area contributed by atoms with Crippen LogP contribution >= 0.6 is 0 Å². The van der Waals surface area contributed by atoms with E-state index in [0.717, 1.165) is 19.3 Å². The molecule has 0 fully saturated rings. The SMILES string of the molecule is CCCCC/C=C\CCOC(=O)C(C)CC. The standard InChI is InChI=1S/C14H26O2/c1-4-6-7-8-9-10-11-12-16-14(15)13(3)5-2/h9-10,13H,4-8,11-12H2,1-3H3/b10-9-. The molecule has 0 amide bonds. The van der Waals surface area contributed by atoms with E-state index in [1.54, 1.807) is 0 Å². The van der Waals surface area contributed by atoms with Crippen LogP contribution in [0.15, 0.2) is 12.2 Å². The van der Waals surface area contributed by atoms with Crippen LogP contribution in [0.2, 0.25) is 0 Å². The summed E-state index contributed by atoms with van der Waals surface area (Å²) in [4.78, 5) is 11.3. The van der Waals surface area contributed by atoms with E-state index in [2.05, 4.69) is 19.1 Å². The smallest absolute Gasteiger partial charge is 0.308 e. The van der Waals surface area contributed by atoms with Gasteiger partial charge in [-0.2, -0.15) is 0 Å². The first-order valence-corrected chi connectivity index (χ1v) is 6.54. The van der Waals surface area contributed by atoms with Crippen molar-refractivity contribution in [2.75, 3.05) is 6.61 Å². The van der Waals surface area contributed by atoms with Crippen molar-refractivity contribution in [1.82, 2.24) is 0 Å². The van der Waals surface area contributed by atoms with E-state index in [1.807, 2.05) is 13.8 Å². The molecule has 2 nitrogen and oxygen atoms in total. The van der Waals surface area contributed by atoms with E-state index in [0.29, 0.717) is 6.61 Å². The van der Waals surface area contributed by atoms with Gasteiger partial charge in [-0.3, -0.25) is 4.79 Å². The molecular formula is C14H26O2. The Morgan fingerprint density at radius 2 is 1.88 bits per heavy atom. The van der Waals surface area contributed by atoms with Crippen LogP contribution in [0.25, 0.3) is 0 Å². The Kier molecular flexibility index (Phi) is 10.2. The van der Waals surface area contributed by atoms with Crippen LogP contribution < -0.4 is 0 Å². The first-order chi connectivity index (χ1) is 7.72. The van der Waals surface area contributed by atoms with Crippen molar-refractivity contribution in [3.05, 3.63) is 12.2 Å². The molecule has 0 aromatic heterocycles. The topological polar surface area (TPSA) is 26.3 Å². The van der Waals surface area contributed by atoms with Gasteiger partial charge in [0, 0.05) is 0 Å². The highest BCUT2D eigenvalue weighted by atomic mass is 16.5. The monoisotopic (exact) mass is 226 g/mol. The second-order valence-corrected chi connectivity index (χ2v) is 4.23. The molecule has 0 saturated heterocycles. The molecule has 0 N–H and O–H groups in total. The Morgan fingerprint density at radius 1 is 1.19 bits per heavy atom. The van der Waals surface area contributed by atoms with Gasteiger partial charge in [0.15, 0.2) is 0 Å². The van der Waals surface area contributed by atoms with E-state index in [1.165, 1.54) is 19.3 Å². The molecule has 2 heteroatoms. The lowest BCUT2D eigenvalue weighted by atomic mass is 10.1. The minimum atomic E-state index is -0.0677. The minimum absolute atomic E-state index is 0.0357. The summed E-state index contributed by atoms with van der Waals surface area (Å²) in [5.74, 6) is -0.0320. The van der Waals surface area contributed by atoms with Gasteiger partial charge in [-0.25, -0.2) is 0 Å². The van der Waals surface area contributed by atoms with Gasteiger partial charge in [0.05, 0.1) is 12.5 Å². The lowest BCUT2D eigenvalue weighted by molar-refractivity contribution is -0.147. The van der Waals surface area contributed by atoms with Crippen molar-refractivity contribution in [1.29, 1.82) is 0 Å². The number of ether oxygens (including phenoxy) is 1. The highest BCUT2D eigenvalue weighted by molar-refractivity contribution is 5.71. The molecule has 0 radical (unpaired) electrons. The summed E-state index contributed by atoms with van der Waals surface area (Å²) < 4.78 is 5.13. The molecule has 0 aliphatic rings. The lowest BCUT2D eigenvalue weighted by Crippen LogP contribution is -2.14. The molecule has 0 aromatic carbocycles. The molecule has 0 aliphatic heterocycles. The zero-order valence-electron chi connectivity index (χ0n) is 11.0. The van der Waals surface area contributed by atoms with E-state index in [-0.39, 0.29) is 11.9 Å². The fourth-order valence-electron chi connectivity index (χ4n) is 1.28. The Hall–Kier alpha value is -0.790. The average molecular weight is 226 g/mol. The predicted molar refractivity (Wildman–Crippen MR) is 68.3 cm³/mol. The van der Waals surface area contributed by atoms with Crippen LogP contribution in [-0.2, 0) is 9.53 Å². The van der Waals surface area contributed by atoms with Gasteiger partial charge in [-0.15, -0.1) is 0 Å². The number of carbonyl (C=O) groups excluding carboxylic acids is 1. The highest BCUT2D eigenvalue weighted by Gasteiger charge is 2.10. The fourth-order valence-corrected chi connectivity index (χ4v) is 1.28. The number of carbonyl (C=O) groups is 1. The molecule has 0 aliphatic carbocycles. The number of hydrogen-bond acceptors (Lipinski definition) is 2. The van der Waals surface area contributed by atoms with Gasteiger partial charge >= 0.3 is 5.97 Å². The molecule has 94 valence electrons. The van der Waals surface area contributed by atoms with Gasteiger partial charge in [-0.1, -0.05) is 45.8 Å². The van der Waals surface area contributed by atoms with E-state index in [4.69, 9.17) is 4.74 Å². The molecular weight excluding hydrogens is 200 g/mol. The first kappa shape index (κ1) is 15.2. The zero-order chi connectivity index (χ0) is 12.2. The highest BCUT2D eigenvalue weighted by Crippen LogP contribution is 2.04. The van der Waals surface area contributed by atoms with Gasteiger partial charge < -0.3 is 4.74 Å². The second kappa shape index (κ2) is 10.7. The predicted octanol–water partition coefficient (Wildman–Crippen LogP) is 4.10.